The van der Waals surface area contributed by atoms with Crippen LogP contribution in [-0.2, 0) is 9.53 Å². The van der Waals surface area contributed by atoms with Crippen molar-refractivity contribution < 1.29 is 9.53 Å². The summed E-state index contributed by atoms with van der Waals surface area (Å²) in [6.07, 6.45) is 9.55. The maximum Gasteiger partial charge on any atom is 0.308 e. The lowest BCUT2D eigenvalue weighted by atomic mass is 9.94. The summed E-state index contributed by atoms with van der Waals surface area (Å²) in [6, 6.07) is 0. The lowest BCUT2D eigenvalue weighted by Crippen LogP contribution is -2.23. The molecule has 0 saturated carbocycles. The van der Waals surface area contributed by atoms with Gasteiger partial charge in [-0.2, -0.15) is 0 Å². The standard InChI is InChI=1S/C12H22O2/c1-2-3-4-5-6-8-11-9-7-10-14-12(11)13/h11H,2-10H2,1H3. The second-order valence-corrected chi connectivity index (χ2v) is 4.21. The van der Waals surface area contributed by atoms with Gasteiger partial charge in [-0.3, -0.25) is 4.79 Å². The van der Waals surface area contributed by atoms with E-state index in [1.807, 2.05) is 0 Å². The van der Waals surface area contributed by atoms with Crippen LogP contribution in [0, 0.1) is 5.92 Å². The van der Waals surface area contributed by atoms with Crippen LogP contribution in [0.15, 0.2) is 0 Å². The Kier molecular flexibility index (Phi) is 5.65. The van der Waals surface area contributed by atoms with Crippen molar-refractivity contribution in [3.63, 3.8) is 0 Å². The molecule has 1 heterocycles. The molecule has 1 unspecified atom stereocenters. The summed E-state index contributed by atoms with van der Waals surface area (Å²) in [4.78, 5) is 11.3. The van der Waals surface area contributed by atoms with Crippen molar-refractivity contribution in [2.45, 2.75) is 58.3 Å². The number of unbranched alkanes of at least 4 members (excludes halogenated alkanes) is 4. The number of carbonyl (C=O) groups excluding carboxylic acids is 1. The highest BCUT2D eigenvalue weighted by Gasteiger charge is 2.22. The van der Waals surface area contributed by atoms with Crippen molar-refractivity contribution in [3.8, 4) is 0 Å². The summed E-state index contributed by atoms with van der Waals surface area (Å²) in [6.45, 7) is 2.86. The molecule has 1 rings (SSSR count). The van der Waals surface area contributed by atoms with Gasteiger partial charge >= 0.3 is 5.97 Å². The Morgan fingerprint density at radius 2 is 2.07 bits per heavy atom. The number of hydrogen-bond donors (Lipinski definition) is 0. The van der Waals surface area contributed by atoms with Crippen molar-refractivity contribution in [2.75, 3.05) is 6.61 Å². The van der Waals surface area contributed by atoms with Crippen LogP contribution in [0.1, 0.15) is 58.3 Å². The topological polar surface area (TPSA) is 26.3 Å². The number of rotatable bonds is 6. The number of cyclic esters (lactones) is 1. The van der Waals surface area contributed by atoms with E-state index in [4.69, 9.17) is 4.74 Å². The summed E-state index contributed by atoms with van der Waals surface area (Å²) in [5, 5.41) is 0. The van der Waals surface area contributed by atoms with E-state index < -0.39 is 0 Å². The Labute approximate surface area is 87.0 Å². The first kappa shape index (κ1) is 11.5. The molecular weight excluding hydrogens is 176 g/mol. The van der Waals surface area contributed by atoms with E-state index in [0.717, 1.165) is 19.3 Å². The Morgan fingerprint density at radius 3 is 2.79 bits per heavy atom. The molecule has 1 aliphatic rings. The van der Waals surface area contributed by atoms with Gasteiger partial charge in [0.1, 0.15) is 0 Å². The van der Waals surface area contributed by atoms with Gasteiger partial charge in [-0.05, 0) is 19.3 Å². The molecule has 14 heavy (non-hydrogen) atoms. The predicted molar refractivity (Wildman–Crippen MR) is 57.1 cm³/mol. The quantitative estimate of drug-likeness (QED) is 0.483. The van der Waals surface area contributed by atoms with Gasteiger partial charge < -0.3 is 4.74 Å². The smallest absolute Gasteiger partial charge is 0.308 e. The van der Waals surface area contributed by atoms with Crippen molar-refractivity contribution in [3.05, 3.63) is 0 Å². The van der Waals surface area contributed by atoms with E-state index in [1.54, 1.807) is 0 Å². The van der Waals surface area contributed by atoms with Crippen molar-refractivity contribution in [1.82, 2.24) is 0 Å². The third-order valence-corrected chi connectivity index (χ3v) is 2.93. The third kappa shape index (κ3) is 4.12. The number of carbonyl (C=O) groups is 1. The van der Waals surface area contributed by atoms with E-state index >= 15 is 0 Å². The average Bonchev–Trinajstić information content (AvgIpc) is 2.20. The molecular formula is C12H22O2. The zero-order chi connectivity index (χ0) is 10.2. The number of hydrogen-bond acceptors (Lipinski definition) is 2. The van der Waals surface area contributed by atoms with Gasteiger partial charge in [0.05, 0.1) is 12.5 Å². The molecule has 2 nitrogen and oxygen atoms in total. The Hall–Kier alpha value is -0.530. The first-order chi connectivity index (χ1) is 6.84. The molecule has 0 spiro atoms. The fraction of sp³-hybridized carbons (Fsp3) is 0.917. The second-order valence-electron chi connectivity index (χ2n) is 4.21. The first-order valence-electron chi connectivity index (χ1n) is 6.01. The van der Waals surface area contributed by atoms with Crippen LogP contribution in [0.2, 0.25) is 0 Å². The minimum absolute atomic E-state index is 0.0479. The van der Waals surface area contributed by atoms with Gasteiger partial charge in [0.15, 0.2) is 0 Å². The average molecular weight is 198 g/mol. The van der Waals surface area contributed by atoms with Gasteiger partial charge in [0, 0.05) is 0 Å². The highest BCUT2D eigenvalue weighted by molar-refractivity contribution is 5.72. The van der Waals surface area contributed by atoms with Crippen LogP contribution < -0.4 is 0 Å². The van der Waals surface area contributed by atoms with Crippen molar-refractivity contribution >= 4 is 5.97 Å². The van der Waals surface area contributed by atoms with Crippen LogP contribution >= 0.6 is 0 Å². The lowest BCUT2D eigenvalue weighted by molar-refractivity contribution is -0.153. The highest BCUT2D eigenvalue weighted by Crippen LogP contribution is 2.21. The third-order valence-electron chi connectivity index (χ3n) is 2.93. The van der Waals surface area contributed by atoms with E-state index in [0.29, 0.717) is 6.61 Å². The van der Waals surface area contributed by atoms with Gasteiger partial charge in [-0.1, -0.05) is 39.0 Å². The molecule has 1 aliphatic heterocycles. The molecule has 0 bridgehead atoms. The van der Waals surface area contributed by atoms with Gasteiger partial charge in [0.2, 0.25) is 0 Å². The van der Waals surface area contributed by atoms with Gasteiger partial charge in [0.25, 0.3) is 0 Å². The molecule has 0 amide bonds. The molecule has 0 radical (unpaired) electrons. The fourth-order valence-electron chi connectivity index (χ4n) is 1.99. The van der Waals surface area contributed by atoms with Gasteiger partial charge in [-0.25, -0.2) is 0 Å². The van der Waals surface area contributed by atoms with Crippen LogP contribution in [0.4, 0.5) is 0 Å². The zero-order valence-electron chi connectivity index (χ0n) is 9.26. The molecule has 2 heteroatoms. The molecule has 0 aromatic heterocycles. The maximum absolute atomic E-state index is 11.3. The first-order valence-corrected chi connectivity index (χ1v) is 6.01. The fourth-order valence-corrected chi connectivity index (χ4v) is 1.99. The highest BCUT2D eigenvalue weighted by atomic mass is 16.5. The minimum atomic E-state index is 0.0479. The maximum atomic E-state index is 11.3. The summed E-state index contributed by atoms with van der Waals surface area (Å²) in [7, 11) is 0. The second kappa shape index (κ2) is 6.86. The van der Waals surface area contributed by atoms with E-state index in [1.165, 1.54) is 32.1 Å². The number of esters is 1. The summed E-state index contributed by atoms with van der Waals surface area (Å²) >= 11 is 0. The van der Waals surface area contributed by atoms with Crippen LogP contribution in [-0.4, -0.2) is 12.6 Å². The molecule has 1 atom stereocenters. The van der Waals surface area contributed by atoms with Crippen LogP contribution in [0.5, 0.6) is 0 Å². The van der Waals surface area contributed by atoms with Crippen molar-refractivity contribution in [1.29, 1.82) is 0 Å². The SMILES string of the molecule is CCCCCCCC1CCCOC1=O. The zero-order valence-corrected chi connectivity index (χ0v) is 9.26. The van der Waals surface area contributed by atoms with E-state index in [-0.39, 0.29) is 11.9 Å². The predicted octanol–water partition coefficient (Wildman–Crippen LogP) is 3.30. The summed E-state index contributed by atoms with van der Waals surface area (Å²) < 4.78 is 5.03. The number of ether oxygens (including phenoxy) is 1. The lowest BCUT2D eigenvalue weighted by Gasteiger charge is -2.20. The Bertz CT molecular complexity index is 166. The molecule has 1 fully saturated rings. The molecule has 0 aromatic rings. The minimum Gasteiger partial charge on any atom is -0.465 e. The van der Waals surface area contributed by atoms with Crippen LogP contribution in [0.25, 0.3) is 0 Å². The Morgan fingerprint density at radius 1 is 1.29 bits per heavy atom. The molecule has 1 saturated heterocycles. The Balaban J connectivity index is 2.02. The normalized spacial score (nSPS) is 22.1. The molecule has 0 N–H and O–H groups in total. The molecule has 0 aliphatic carbocycles. The van der Waals surface area contributed by atoms with Crippen molar-refractivity contribution in [2.24, 2.45) is 5.92 Å². The molecule has 82 valence electrons. The largest absolute Gasteiger partial charge is 0.465 e. The monoisotopic (exact) mass is 198 g/mol. The summed E-state index contributed by atoms with van der Waals surface area (Å²) in [5.74, 6) is 0.261. The van der Waals surface area contributed by atoms with Crippen LogP contribution in [0.3, 0.4) is 0 Å². The van der Waals surface area contributed by atoms with Gasteiger partial charge in [-0.15, -0.1) is 0 Å². The summed E-state index contributed by atoms with van der Waals surface area (Å²) in [5.41, 5.74) is 0. The van der Waals surface area contributed by atoms with E-state index in [9.17, 15) is 4.79 Å². The van der Waals surface area contributed by atoms with E-state index in [2.05, 4.69) is 6.92 Å². The molecule has 0 aromatic carbocycles.